The van der Waals surface area contributed by atoms with Crippen LogP contribution in [-0.4, -0.2) is 28.4 Å². The summed E-state index contributed by atoms with van der Waals surface area (Å²) >= 11 is 2.86. The van der Waals surface area contributed by atoms with Crippen molar-refractivity contribution in [1.29, 1.82) is 0 Å². The Morgan fingerprint density at radius 2 is 2.14 bits per heavy atom. The molecule has 2 aromatic rings. The molecule has 2 rings (SSSR count). The molecule has 112 valence electrons. The van der Waals surface area contributed by atoms with Gasteiger partial charge < -0.3 is 10.6 Å². The number of hydrogen-bond donors (Lipinski definition) is 2. The molecule has 1 heterocycles. The summed E-state index contributed by atoms with van der Waals surface area (Å²) in [5.41, 5.74) is 3.13. The summed E-state index contributed by atoms with van der Waals surface area (Å²) in [5, 5.41) is 14.9. The molecule has 0 spiro atoms. The lowest BCUT2D eigenvalue weighted by Gasteiger charge is -2.09. The van der Waals surface area contributed by atoms with Crippen molar-refractivity contribution in [2.45, 2.75) is 25.1 Å². The van der Waals surface area contributed by atoms with Gasteiger partial charge in [-0.1, -0.05) is 35.2 Å². The number of aryl methyl sites for hydroxylation is 1. The number of carbonyl (C=O) groups excluding carboxylic acids is 1. The number of benzene rings is 1. The molecule has 0 saturated heterocycles. The molecule has 0 aliphatic rings. The molecule has 0 atom stereocenters. The van der Waals surface area contributed by atoms with Crippen LogP contribution in [0.4, 0.5) is 10.8 Å². The zero-order valence-electron chi connectivity index (χ0n) is 12.3. The molecule has 0 saturated carbocycles. The normalized spacial score (nSPS) is 10.4. The van der Waals surface area contributed by atoms with Gasteiger partial charge >= 0.3 is 0 Å². The number of aromatic nitrogens is 2. The Kier molecular flexibility index (Phi) is 5.58. The first kappa shape index (κ1) is 15.8. The molecular formula is C14H18N4OS2. The number of hydrogen-bond acceptors (Lipinski definition) is 6. The third-order valence-corrected chi connectivity index (χ3v) is 4.95. The SMILES string of the molecule is CCNc1nnc(SCC(=O)Nc2cccc(C)c2C)s1. The molecule has 0 fully saturated rings. The monoisotopic (exact) mass is 322 g/mol. The van der Waals surface area contributed by atoms with Crippen LogP contribution in [0, 0.1) is 13.8 Å². The Morgan fingerprint density at radius 3 is 2.90 bits per heavy atom. The van der Waals surface area contributed by atoms with Gasteiger partial charge in [-0.3, -0.25) is 4.79 Å². The van der Waals surface area contributed by atoms with E-state index in [-0.39, 0.29) is 5.91 Å². The smallest absolute Gasteiger partial charge is 0.234 e. The fourth-order valence-electron chi connectivity index (χ4n) is 1.69. The number of anilines is 2. The maximum absolute atomic E-state index is 12.0. The minimum atomic E-state index is -0.0334. The topological polar surface area (TPSA) is 66.9 Å². The van der Waals surface area contributed by atoms with Gasteiger partial charge in [-0.2, -0.15) is 0 Å². The minimum absolute atomic E-state index is 0.0334. The summed E-state index contributed by atoms with van der Waals surface area (Å²) in [6.45, 7) is 6.85. The quantitative estimate of drug-likeness (QED) is 0.799. The predicted molar refractivity (Wildman–Crippen MR) is 89.3 cm³/mol. The standard InChI is InChI=1S/C14H18N4OS2/c1-4-15-13-17-18-14(21-13)20-8-12(19)16-11-7-5-6-9(2)10(11)3/h5-7H,4,8H2,1-3H3,(H,15,17)(H,16,19). The van der Waals surface area contributed by atoms with E-state index in [2.05, 4.69) is 20.8 Å². The van der Waals surface area contributed by atoms with E-state index in [0.717, 1.165) is 27.3 Å². The van der Waals surface area contributed by atoms with Gasteiger partial charge in [-0.05, 0) is 38.0 Å². The first-order chi connectivity index (χ1) is 10.1. The van der Waals surface area contributed by atoms with Gasteiger partial charge in [0.15, 0.2) is 4.34 Å². The molecule has 0 bridgehead atoms. The highest BCUT2D eigenvalue weighted by atomic mass is 32.2. The van der Waals surface area contributed by atoms with E-state index >= 15 is 0 Å². The lowest BCUT2D eigenvalue weighted by molar-refractivity contribution is -0.113. The number of thioether (sulfide) groups is 1. The number of nitrogens with zero attached hydrogens (tertiary/aromatic N) is 2. The van der Waals surface area contributed by atoms with Gasteiger partial charge in [-0.15, -0.1) is 10.2 Å². The Labute approximate surface area is 132 Å². The average Bonchev–Trinajstić information content (AvgIpc) is 2.90. The fourth-order valence-corrected chi connectivity index (χ4v) is 3.31. The molecule has 7 heteroatoms. The molecule has 1 amide bonds. The minimum Gasteiger partial charge on any atom is -0.360 e. The summed E-state index contributed by atoms with van der Waals surface area (Å²) in [5.74, 6) is 0.294. The summed E-state index contributed by atoms with van der Waals surface area (Å²) in [6, 6.07) is 5.89. The van der Waals surface area contributed by atoms with E-state index in [9.17, 15) is 4.79 Å². The molecule has 1 aromatic heterocycles. The lowest BCUT2D eigenvalue weighted by Crippen LogP contribution is -2.15. The Balaban J connectivity index is 1.88. The number of carbonyl (C=O) groups is 1. The number of nitrogens with one attached hydrogen (secondary N) is 2. The first-order valence-electron chi connectivity index (χ1n) is 6.66. The number of amides is 1. The van der Waals surface area contributed by atoms with Gasteiger partial charge in [-0.25, -0.2) is 0 Å². The van der Waals surface area contributed by atoms with Gasteiger partial charge in [0.2, 0.25) is 11.0 Å². The van der Waals surface area contributed by atoms with Crippen molar-refractivity contribution in [3.63, 3.8) is 0 Å². The third kappa shape index (κ3) is 4.44. The van der Waals surface area contributed by atoms with Crippen LogP contribution in [0.15, 0.2) is 22.5 Å². The molecule has 0 unspecified atom stereocenters. The molecule has 5 nitrogen and oxygen atoms in total. The Hall–Kier alpha value is -1.60. The van der Waals surface area contributed by atoms with Crippen molar-refractivity contribution < 1.29 is 4.79 Å². The van der Waals surface area contributed by atoms with Gasteiger partial charge in [0.05, 0.1) is 5.75 Å². The van der Waals surface area contributed by atoms with Crippen LogP contribution in [0.3, 0.4) is 0 Å². The summed E-state index contributed by atoms with van der Waals surface area (Å²) < 4.78 is 0.794. The fraction of sp³-hybridized carbons (Fsp3) is 0.357. The van der Waals surface area contributed by atoms with Crippen molar-refractivity contribution in [3.05, 3.63) is 29.3 Å². The highest BCUT2D eigenvalue weighted by Crippen LogP contribution is 2.25. The van der Waals surface area contributed by atoms with Crippen LogP contribution < -0.4 is 10.6 Å². The molecule has 0 radical (unpaired) electrons. The molecular weight excluding hydrogens is 304 g/mol. The maximum Gasteiger partial charge on any atom is 0.234 e. The van der Waals surface area contributed by atoms with Crippen molar-refractivity contribution >= 4 is 39.8 Å². The van der Waals surface area contributed by atoms with Crippen LogP contribution in [0.25, 0.3) is 0 Å². The zero-order chi connectivity index (χ0) is 15.2. The van der Waals surface area contributed by atoms with E-state index in [4.69, 9.17) is 0 Å². The second-order valence-corrected chi connectivity index (χ2v) is 6.69. The van der Waals surface area contributed by atoms with Crippen LogP contribution in [0.2, 0.25) is 0 Å². The van der Waals surface area contributed by atoms with E-state index in [0.29, 0.717) is 5.75 Å². The highest BCUT2D eigenvalue weighted by Gasteiger charge is 2.09. The predicted octanol–water partition coefficient (Wildman–Crippen LogP) is 3.32. The molecule has 21 heavy (non-hydrogen) atoms. The van der Waals surface area contributed by atoms with Crippen LogP contribution in [0.5, 0.6) is 0 Å². The van der Waals surface area contributed by atoms with Gasteiger partial charge in [0.25, 0.3) is 0 Å². The summed E-state index contributed by atoms with van der Waals surface area (Å²) in [7, 11) is 0. The number of rotatable bonds is 6. The van der Waals surface area contributed by atoms with E-state index in [1.165, 1.54) is 28.7 Å². The van der Waals surface area contributed by atoms with Crippen LogP contribution in [0.1, 0.15) is 18.1 Å². The van der Waals surface area contributed by atoms with E-state index < -0.39 is 0 Å². The summed E-state index contributed by atoms with van der Waals surface area (Å²) in [4.78, 5) is 12.0. The zero-order valence-corrected chi connectivity index (χ0v) is 13.9. The molecule has 1 aromatic carbocycles. The van der Waals surface area contributed by atoms with Gasteiger partial charge in [0, 0.05) is 12.2 Å². The largest absolute Gasteiger partial charge is 0.360 e. The highest BCUT2D eigenvalue weighted by molar-refractivity contribution is 8.01. The summed E-state index contributed by atoms with van der Waals surface area (Å²) in [6.07, 6.45) is 0. The Morgan fingerprint density at radius 1 is 1.33 bits per heavy atom. The van der Waals surface area contributed by atoms with E-state index in [1.54, 1.807) is 0 Å². The maximum atomic E-state index is 12.0. The first-order valence-corrected chi connectivity index (χ1v) is 8.46. The van der Waals surface area contributed by atoms with Crippen LogP contribution in [-0.2, 0) is 4.79 Å². The van der Waals surface area contributed by atoms with E-state index in [1.807, 2.05) is 39.0 Å². The van der Waals surface area contributed by atoms with Gasteiger partial charge in [0.1, 0.15) is 0 Å². The second kappa shape index (κ2) is 7.42. The van der Waals surface area contributed by atoms with Crippen LogP contribution >= 0.6 is 23.1 Å². The Bertz CT molecular complexity index is 627. The van der Waals surface area contributed by atoms with Crippen molar-refractivity contribution in [3.8, 4) is 0 Å². The third-order valence-electron chi connectivity index (χ3n) is 2.94. The molecule has 2 N–H and O–H groups in total. The molecule has 0 aliphatic carbocycles. The lowest BCUT2D eigenvalue weighted by atomic mass is 10.1. The van der Waals surface area contributed by atoms with Crippen molar-refractivity contribution in [2.75, 3.05) is 22.9 Å². The average molecular weight is 322 g/mol. The molecule has 0 aliphatic heterocycles. The van der Waals surface area contributed by atoms with Crippen molar-refractivity contribution in [1.82, 2.24) is 10.2 Å². The second-order valence-electron chi connectivity index (χ2n) is 4.49. The van der Waals surface area contributed by atoms with Crippen molar-refractivity contribution in [2.24, 2.45) is 0 Å².